The molecule has 4 aromatic rings. The Kier molecular flexibility index (Phi) is 6.81. The van der Waals surface area contributed by atoms with E-state index >= 15 is 0 Å². The average Bonchev–Trinajstić information content (AvgIpc) is 3.23. The predicted molar refractivity (Wildman–Crippen MR) is 146 cm³/mol. The van der Waals surface area contributed by atoms with Crippen LogP contribution in [0.1, 0.15) is 28.2 Å². The maximum absolute atomic E-state index is 14.8. The van der Waals surface area contributed by atoms with Gasteiger partial charge in [0.15, 0.2) is 0 Å². The van der Waals surface area contributed by atoms with Gasteiger partial charge in [0.25, 0.3) is 11.5 Å². The molecule has 1 N–H and O–H groups in total. The van der Waals surface area contributed by atoms with Crippen molar-refractivity contribution in [3.05, 3.63) is 88.1 Å². The van der Waals surface area contributed by atoms with E-state index in [4.69, 9.17) is 0 Å². The van der Waals surface area contributed by atoms with Gasteiger partial charge in [-0.1, -0.05) is 6.08 Å². The van der Waals surface area contributed by atoms with Crippen LogP contribution >= 0.6 is 0 Å². The molecule has 0 saturated carbocycles. The summed E-state index contributed by atoms with van der Waals surface area (Å²) in [4.78, 5) is 37.3. The molecule has 9 nitrogen and oxygen atoms in total. The summed E-state index contributed by atoms with van der Waals surface area (Å²) in [5.41, 5.74) is 4.66. The summed E-state index contributed by atoms with van der Waals surface area (Å²) >= 11 is 0. The minimum atomic E-state index is -0.484. The molecule has 5 rings (SSSR count). The zero-order valence-corrected chi connectivity index (χ0v) is 21.9. The second-order valence-electron chi connectivity index (χ2n) is 9.60. The Morgan fingerprint density at radius 3 is 2.66 bits per heavy atom. The lowest BCUT2D eigenvalue weighted by Gasteiger charge is -2.26. The van der Waals surface area contributed by atoms with Gasteiger partial charge in [-0.2, -0.15) is 0 Å². The Bertz CT molecular complexity index is 1620. The number of halogens is 1. The van der Waals surface area contributed by atoms with E-state index in [0.29, 0.717) is 25.2 Å². The summed E-state index contributed by atoms with van der Waals surface area (Å²) in [6, 6.07) is 8.62. The van der Waals surface area contributed by atoms with E-state index in [-0.39, 0.29) is 17.0 Å². The molecule has 0 radical (unpaired) electrons. The topological polar surface area (TPSA) is 88.3 Å². The monoisotopic (exact) mass is 515 g/mol. The van der Waals surface area contributed by atoms with Crippen molar-refractivity contribution in [2.45, 2.75) is 13.0 Å². The van der Waals surface area contributed by atoms with Crippen molar-refractivity contribution >= 4 is 28.2 Å². The molecule has 0 fully saturated rings. The molecule has 4 aromatic heterocycles. The first-order chi connectivity index (χ1) is 18.3. The number of aryl methyl sites for hydroxylation is 1. The zero-order valence-electron chi connectivity index (χ0n) is 21.9. The van der Waals surface area contributed by atoms with E-state index in [0.717, 1.165) is 40.2 Å². The normalized spacial score (nSPS) is 14.0. The molecule has 0 spiro atoms. The number of anilines is 1. The molecule has 0 saturated heterocycles. The molecule has 0 atom stereocenters. The van der Waals surface area contributed by atoms with Crippen LogP contribution in [0.15, 0.2) is 59.8 Å². The fourth-order valence-corrected chi connectivity index (χ4v) is 4.80. The fourth-order valence-electron chi connectivity index (χ4n) is 4.80. The van der Waals surface area contributed by atoms with Crippen LogP contribution in [0.4, 0.5) is 10.1 Å². The first kappa shape index (κ1) is 25.3. The van der Waals surface area contributed by atoms with Crippen molar-refractivity contribution in [3.63, 3.8) is 0 Å². The summed E-state index contributed by atoms with van der Waals surface area (Å²) in [6.07, 6.45) is 7.56. The van der Waals surface area contributed by atoms with Gasteiger partial charge in [0.1, 0.15) is 17.2 Å². The van der Waals surface area contributed by atoms with E-state index in [1.807, 2.05) is 29.8 Å². The Morgan fingerprint density at radius 1 is 1.18 bits per heavy atom. The van der Waals surface area contributed by atoms with Crippen molar-refractivity contribution in [3.8, 4) is 5.69 Å². The van der Waals surface area contributed by atoms with Crippen LogP contribution in [0.3, 0.4) is 0 Å². The minimum absolute atomic E-state index is 0.122. The second kappa shape index (κ2) is 10.2. The third-order valence-electron chi connectivity index (χ3n) is 6.95. The lowest BCUT2D eigenvalue weighted by atomic mass is 10.0. The number of nitrogens with zero attached hydrogens (tertiary/aromatic N) is 6. The predicted octanol–water partition coefficient (Wildman–Crippen LogP) is 3.29. The number of aromatic nitrogens is 4. The average molecular weight is 516 g/mol. The number of amides is 1. The SMILES string of the molecule is CNc1ccn(-c2ccnc3c2cc(CN2CC=C(c4ncc(C(=O)N(C)C)cc4F)CC2)n3C)c(=O)c1. The van der Waals surface area contributed by atoms with Crippen LogP contribution in [-0.4, -0.2) is 69.0 Å². The van der Waals surface area contributed by atoms with Crippen molar-refractivity contribution < 1.29 is 9.18 Å². The van der Waals surface area contributed by atoms with Gasteiger partial charge >= 0.3 is 0 Å². The molecular weight excluding hydrogens is 485 g/mol. The van der Waals surface area contributed by atoms with Crippen molar-refractivity contribution in [2.24, 2.45) is 7.05 Å². The number of rotatable bonds is 6. The van der Waals surface area contributed by atoms with Gasteiger partial charge in [-0.05, 0) is 36.3 Å². The van der Waals surface area contributed by atoms with Crippen molar-refractivity contribution in [1.29, 1.82) is 0 Å². The molecular formula is C28H30FN7O2. The van der Waals surface area contributed by atoms with Gasteiger partial charge in [0, 0.05) is 89.2 Å². The lowest BCUT2D eigenvalue weighted by Crippen LogP contribution is -2.29. The maximum atomic E-state index is 14.8. The summed E-state index contributed by atoms with van der Waals surface area (Å²) in [5.74, 6) is -0.762. The zero-order chi connectivity index (χ0) is 27.0. The smallest absolute Gasteiger partial charge is 0.257 e. The highest BCUT2D eigenvalue weighted by molar-refractivity contribution is 5.93. The quantitative estimate of drug-likeness (QED) is 0.424. The van der Waals surface area contributed by atoms with Crippen LogP contribution < -0.4 is 10.9 Å². The fraction of sp³-hybridized carbons (Fsp3) is 0.286. The van der Waals surface area contributed by atoms with E-state index in [2.05, 4.69) is 26.3 Å². The molecule has 0 bridgehead atoms. The molecule has 1 amide bonds. The summed E-state index contributed by atoms with van der Waals surface area (Å²) in [6.45, 7) is 2.05. The third-order valence-corrected chi connectivity index (χ3v) is 6.95. The van der Waals surface area contributed by atoms with Gasteiger partial charge in [-0.3, -0.25) is 24.0 Å². The van der Waals surface area contributed by atoms with Crippen LogP contribution in [0.2, 0.25) is 0 Å². The van der Waals surface area contributed by atoms with Crippen molar-refractivity contribution in [1.82, 2.24) is 28.9 Å². The largest absolute Gasteiger partial charge is 0.388 e. The molecule has 10 heteroatoms. The maximum Gasteiger partial charge on any atom is 0.257 e. The summed E-state index contributed by atoms with van der Waals surface area (Å²) in [7, 11) is 7.01. The molecule has 38 heavy (non-hydrogen) atoms. The Morgan fingerprint density at radius 2 is 2.00 bits per heavy atom. The van der Waals surface area contributed by atoms with Crippen molar-refractivity contribution in [2.75, 3.05) is 39.5 Å². The lowest BCUT2D eigenvalue weighted by molar-refractivity contribution is 0.0826. The minimum Gasteiger partial charge on any atom is -0.388 e. The van der Waals surface area contributed by atoms with Gasteiger partial charge in [0.05, 0.1) is 11.3 Å². The summed E-state index contributed by atoms with van der Waals surface area (Å²) < 4.78 is 18.5. The number of pyridine rings is 3. The molecule has 0 aliphatic carbocycles. The number of hydrogen-bond donors (Lipinski definition) is 1. The Balaban J connectivity index is 1.36. The van der Waals surface area contributed by atoms with Crippen LogP contribution in [0.5, 0.6) is 0 Å². The first-order valence-electron chi connectivity index (χ1n) is 12.4. The van der Waals surface area contributed by atoms with Crippen LogP contribution in [-0.2, 0) is 13.6 Å². The number of carbonyl (C=O) groups is 1. The number of nitrogens with one attached hydrogen (secondary N) is 1. The van der Waals surface area contributed by atoms with Gasteiger partial charge < -0.3 is 14.8 Å². The van der Waals surface area contributed by atoms with Gasteiger partial charge in [-0.25, -0.2) is 9.37 Å². The molecule has 0 unspecified atom stereocenters. The molecule has 196 valence electrons. The molecule has 1 aliphatic rings. The standard InChI is InChI=1S/C28H30FN7O2/c1-30-20-8-12-36(25(37)14-20)24-5-9-31-27-22(24)15-21(34(27)4)17-35-10-6-18(7-11-35)26-23(29)13-19(16-32-26)28(38)33(2)3/h5-6,8-9,12-16,30H,7,10-11,17H2,1-4H3. The highest BCUT2D eigenvalue weighted by Crippen LogP contribution is 2.27. The first-order valence-corrected chi connectivity index (χ1v) is 12.4. The second-order valence-corrected chi connectivity index (χ2v) is 9.60. The number of carbonyl (C=O) groups excluding carboxylic acids is 1. The Labute approximate surface area is 219 Å². The molecule has 1 aliphatic heterocycles. The molecule has 0 aromatic carbocycles. The number of fused-ring (bicyclic) bond motifs is 1. The van der Waals surface area contributed by atoms with E-state index < -0.39 is 5.82 Å². The summed E-state index contributed by atoms with van der Waals surface area (Å²) in [5, 5.41) is 3.89. The van der Waals surface area contributed by atoms with E-state index in [1.165, 1.54) is 17.2 Å². The number of hydrogen-bond acceptors (Lipinski definition) is 6. The Hall–Kier alpha value is -4.31. The van der Waals surface area contributed by atoms with Gasteiger partial charge in [-0.15, -0.1) is 0 Å². The van der Waals surface area contributed by atoms with E-state index in [1.54, 1.807) is 44.2 Å². The van der Waals surface area contributed by atoms with Crippen LogP contribution in [0, 0.1) is 5.82 Å². The molecule has 5 heterocycles. The van der Waals surface area contributed by atoms with Gasteiger partial charge in [0.2, 0.25) is 0 Å². The van der Waals surface area contributed by atoms with Crippen LogP contribution in [0.25, 0.3) is 22.3 Å². The highest BCUT2D eigenvalue weighted by atomic mass is 19.1. The third kappa shape index (κ3) is 4.70. The van der Waals surface area contributed by atoms with E-state index in [9.17, 15) is 14.0 Å². The highest BCUT2D eigenvalue weighted by Gasteiger charge is 2.21.